The zero-order valence-electron chi connectivity index (χ0n) is 9.96. The van der Waals surface area contributed by atoms with Crippen molar-refractivity contribution in [3.8, 4) is 0 Å². The lowest BCUT2D eigenvalue weighted by atomic mass is 9.96. The van der Waals surface area contributed by atoms with Crippen LogP contribution in [0.1, 0.15) is 18.1 Å². The van der Waals surface area contributed by atoms with Crippen molar-refractivity contribution in [3.63, 3.8) is 0 Å². The number of dihydropyridines is 1. The van der Waals surface area contributed by atoms with Crippen LogP contribution in [0.15, 0.2) is 36.0 Å². The van der Waals surface area contributed by atoms with Crippen LogP contribution in [-0.4, -0.2) is 11.4 Å². The summed E-state index contributed by atoms with van der Waals surface area (Å²) in [6, 6.07) is 5.99. The maximum Gasteiger partial charge on any atom is 0.228 e. The second kappa shape index (κ2) is 4.18. The largest absolute Gasteiger partial charge is 0.372 e. The molecule has 0 saturated carbocycles. The first kappa shape index (κ1) is 11.4. The Morgan fingerprint density at radius 3 is 3.00 bits per heavy atom. The number of amides is 1. The van der Waals surface area contributed by atoms with Crippen molar-refractivity contribution in [1.29, 1.82) is 0 Å². The zero-order valence-corrected chi connectivity index (χ0v) is 10.7. The SMILES string of the molecule is CC1=C(c2ccc3c(c2)CC(=O)N3)C(Cl)NC=C1. The third-order valence-electron chi connectivity index (χ3n) is 3.30. The summed E-state index contributed by atoms with van der Waals surface area (Å²) in [6.45, 7) is 2.04. The van der Waals surface area contributed by atoms with Crippen LogP contribution in [0.2, 0.25) is 0 Å². The minimum Gasteiger partial charge on any atom is -0.372 e. The minimum absolute atomic E-state index is 0.0527. The van der Waals surface area contributed by atoms with E-state index < -0.39 is 0 Å². The van der Waals surface area contributed by atoms with Crippen molar-refractivity contribution in [2.75, 3.05) is 5.32 Å². The Morgan fingerprint density at radius 1 is 1.39 bits per heavy atom. The van der Waals surface area contributed by atoms with Crippen molar-refractivity contribution in [2.24, 2.45) is 0 Å². The first-order valence-electron chi connectivity index (χ1n) is 5.86. The summed E-state index contributed by atoms with van der Waals surface area (Å²) in [5, 5.41) is 5.91. The molecular weight excluding hydrogens is 248 g/mol. The Balaban J connectivity index is 2.06. The number of carbonyl (C=O) groups is 1. The van der Waals surface area contributed by atoms with E-state index in [1.807, 2.05) is 37.4 Å². The number of halogens is 1. The summed E-state index contributed by atoms with van der Waals surface area (Å²) in [4.78, 5) is 11.3. The van der Waals surface area contributed by atoms with E-state index in [1.54, 1.807) is 0 Å². The van der Waals surface area contributed by atoms with Gasteiger partial charge < -0.3 is 10.6 Å². The highest BCUT2D eigenvalue weighted by molar-refractivity contribution is 6.26. The van der Waals surface area contributed by atoms with Gasteiger partial charge in [0.15, 0.2) is 0 Å². The van der Waals surface area contributed by atoms with E-state index >= 15 is 0 Å². The Kier molecular flexibility index (Phi) is 2.63. The topological polar surface area (TPSA) is 41.1 Å². The fourth-order valence-electron chi connectivity index (χ4n) is 2.40. The summed E-state index contributed by atoms with van der Waals surface area (Å²) >= 11 is 6.29. The molecule has 0 aromatic heterocycles. The van der Waals surface area contributed by atoms with Crippen molar-refractivity contribution in [2.45, 2.75) is 18.8 Å². The molecule has 18 heavy (non-hydrogen) atoms. The van der Waals surface area contributed by atoms with E-state index in [0.29, 0.717) is 6.42 Å². The number of hydrogen-bond donors (Lipinski definition) is 2. The third kappa shape index (κ3) is 1.81. The van der Waals surface area contributed by atoms with Crippen molar-refractivity contribution >= 4 is 28.8 Å². The molecule has 0 bridgehead atoms. The van der Waals surface area contributed by atoms with Crippen LogP contribution in [0.4, 0.5) is 5.69 Å². The molecule has 4 heteroatoms. The average molecular weight is 261 g/mol. The molecule has 1 aromatic carbocycles. The molecule has 3 nitrogen and oxygen atoms in total. The van der Waals surface area contributed by atoms with E-state index in [2.05, 4.69) is 10.6 Å². The van der Waals surface area contributed by atoms with Crippen LogP contribution < -0.4 is 10.6 Å². The third-order valence-corrected chi connectivity index (χ3v) is 3.64. The molecule has 0 saturated heterocycles. The van der Waals surface area contributed by atoms with E-state index in [9.17, 15) is 4.79 Å². The van der Waals surface area contributed by atoms with Crippen molar-refractivity contribution < 1.29 is 4.79 Å². The molecule has 0 fully saturated rings. The summed E-state index contributed by atoms with van der Waals surface area (Å²) < 4.78 is 0. The van der Waals surface area contributed by atoms with Gasteiger partial charge in [-0.3, -0.25) is 4.79 Å². The van der Waals surface area contributed by atoms with Gasteiger partial charge in [0.05, 0.1) is 6.42 Å². The van der Waals surface area contributed by atoms with Gasteiger partial charge in [0.1, 0.15) is 5.50 Å². The summed E-state index contributed by atoms with van der Waals surface area (Å²) in [5.74, 6) is 0.0527. The maximum atomic E-state index is 11.3. The quantitative estimate of drug-likeness (QED) is 0.602. The molecule has 92 valence electrons. The van der Waals surface area contributed by atoms with Gasteiger partial charge in [0, 0.05) is 5.69 Å². The van der Waals surface area contributed by atoms with Crippen LogP contribution in [0, 0.1) is 0 Å². The first-order chi connectivity index (χ1) is 8.65. The molecule has 1 amide bonds. The van der Waals surface area contributed by atoms with Gasteiger partial charge in [-0.2, -0.15) is 0 Å². The molecule has 2 aliphatic rings. The molecule has 1 aromatic rings. The van der Waals surface area contributed by atoms with E-state index in [1.165, 1.54) is 0 Å². The number of hydrogen-bond acceptors (Lipinski definition) is 2. The standard InChI is InChI=1S/C14H13ClN2O/c1-8-4-5-16-14(15)13(8)9-2-3-11-10(6-9)7-12(18)17-11/h2-6,14,16H,7H2,1H3,(H,17,18). The summed E-state index contributed by atoms with van der Waals surface area (Å²) in [7, 11) is 0. The highest BCUT2D eigenvalue weighted by Gasteiger charge is 2.21. The number of nitrogens with one attached hydrogen (secondary N) is 2. The molecular formula is C14H13ClN2O. The van der Waals surface area contributed by atoms with Gasteiger partial charge >= 0.3 is 0 Å². The molecule has 0 aliphatic carbocycles. The lowest BCUT2D eigenvalue weighted by Gasteiger charge is -2.21. The molecule has 0 radical (unpaired) electrons. The zero-order chi connectivity index (χ0) is 12.7. The number of rotatable bonds is 1. The lowest BCUT2D eigenvalue weighted by Crippen LogP contribution is -2.23. The van der Waals surface area contributed by atoms with Crippen LogP contribution in [-0.2, 0) is 11.2 Å². The van der Waals surface area contributed by atoms with Gasteiger partial charge in [0.25, 0.3) is 0 Å². The Morgan fingerprint density at radius 2 is 2.22 bits per heavy atom. The Labute approximate surface area is 111 Å². The molecule has 1 unspecified atom stereocenters. The first-order valence-corrected chi connectivity index (χ1v) is 6.29. The summed E-state index contributed by atoms with van der Waals surface area (Å²) in [5.41, 5.74) is 5.01. The number of benzene rings is 1. The fourth-order valence-corrected chi connectivity index (χ4v) is 2.77. The number of alkyl halides is 1. The second-order valence-electron chi connectivity index (χ2n) is 4.56. The average Bonchev–Trinajstić information content (AvgIpc) is 2.68. The van der Waals surface area contributed by atoms with E-state index in [4.69, 9.17) is 11.6 Å². The van der Waals surface area contributed by atoms with Crippen molar-refractivity contribution in [3.05, 3.63) is 47.2 Å². The van der Waals surface area contributed by atoms with E-state index in [-0.39, 0.29) is 11.4 Å². The van der Waals surface area contributed by atoms with Gasteiger partial charge in [0.2, 0.25) is 5.91 Å². The normalized spacial score (nSPS) is 21.7. The Bertz CT molecular complexity index is 589. The molecule has 2 N–H and O–H groups in total. The molecule has 2 aliphatic heterocycles. The smallest absolute Gasteiger partial charge is 0.228 e. The number of allylic oxidation sites excluding steroid dienone is 2. The highest BCUT2D eigenvalue weighted by atomic mass is 35.5. The Hall–Kier alpha value is -1.74. The number of anilines is 1. The fraction of sp³-hybridized carbons (Fsp3) is 0.214. The lowest BCUT2D eigenvalue weighted by molar-refractivity contribution is -0.115. The van der Waals surface area contributed by atoms with Crippen LogP contribution >= 0.6 is 11.6 Å². The van der Waals surface area contributed by atoms with Crippen LogP contribution in [0.25, 0.3) is 5.57 Å². The predicted molar refractivity (Wildman–Crippen MR) is 73.3 cm³/mol. The van der Waals surface area contributed by atoms with Crippen LogP contribution in [0.5, 0.6) is 0 Å². The van der Waals surface area contributed by atoms with Crippen LogP contribution in [0.3, 0.4) is 0 Å². The van der Waals surface area contributed by atoms with Gasteiger partial charge in [-0.1, -0.05) is 17.7 Å². The van der Waals surface area contributed by atoms with Gasteiger partial charge in [-0.05, 0) is 53.6 Å². The van der Waals surface area contributed by atoms with E-state index in [0.717, 1.165) is 28.0 Å². The monoisotopic (exact) mass is 260 g/mol. The molecule has 1 atom stereocenters. The van der Waals surface area contributed by atoms with Crippen molar-refractivity contribution in [1.82, 2.24) is 5.32 Å². The number of carbonyl (C=O) groups excluding carboxylic acids is 1. The summed E-state index contributed by atoms with van der Waals surface area (Å²) in [6.07, 6.45) is 4.31. The van der Waals surface area contributed by atoms with Gasteiger partial charge in [-0.15, -0.1) is 0 Å². The molecule has 0 spiro atoms. The molecule has 3 rings (SSSR count). The maximum absolute atomic E-state index is 11.3. The number of fused-ring (bicyclic) bond motifs is 1. The predicted octanol–water partition coefficient (Wildman–Crippen LogP) is 2.64. The highest BCUT2D eigenvalue weighted by Crippen LogP contribution is 2.32. The molecule has 2 heterocycles. The minimum atomic E-state index is -0.224. The van der Waals surface area contributed by atoms with Gasteiger partial charge in [-0.25, -0.2) is 0 Å². The second-order valence-corrected chi connectivity index (χ2v) is 4.99.